The van der Waals surface area contributed by atoms with Crippen LogP contribution in [0.5, 0.6) is 0 Å². The monoisotopic (exact) mass is 207 g/mol. The summed E-state index contributed by atoms with van der Waals surface area (Å²) in [5, 5.41) is 11.6. The highest BCUT2D eigenvalue weighted by Crippen LogP contribution is 2.24. The second kappa shape index (κ2) is 4.68. The number of nitrogens with two attached hydrogens (primary N) is 1. The number of para-hydroxylation sites is 1. The van der Waals surface area contributed by atoms with Crippen LogP contribution in [-0.4, -0.2) is 18.2 Å². The maximum atomic E-state index is 8.64. The molecule has 0 atom stereocenters. The largest absolute Gasteiger partial charge is 0.408 e. The molecule has 4 nitrogen and oxygen atoms in total. The summed E-state index contributed by atoms with van der Waals surface area (Å²) in [5.41, 5.74) is 8.88. The van der Waals surface area contributed by atoms with Crippen LogP contribution in [0.1, 0.15) is 18.1 Å². The van der Waals surface area contributed by atoms with E-state index < -0.39 is 0 Å². The lowest BCUT2D eigenvalue weighted by molar-refractivity contribution is 0.317. The fraction of sp³-hybridized carbons (Fsp3) is 0.364. The highest BCUT2D eigenvalue weighted by atomic mass is 16.4. The third-order valence-electron chi connectivity index (χ3n) is 2.48. The number of hydrogen-bond donors (Lipinski definition) is 2. The molecule has 0 radical (unpaired) electrons. The van der Waals surface area contributed by atoms with Gasteiger partial charge in [0.2, 0.25) is 5.96 Å². The minimum atomic E-state index is 0.0963. The molecule has 3 N–H and O–H groups in total. The number of rotatable bonds is 2. The zero-order valence-electron chi connectivity index (χ0n) is 9.36. The first-order valence-corrected chi connectivity index (χ1v) is 4.91. The third-order valence-corrected chi connectivity index (χ3v) is 2.48. The molecule has 0 saturated heterocycles. The lowest BCUT2D eigenvalue weighted by atomic mass is 10.1. The van der Waals surface area contributed by atoms with Gasteiger partial charge >= 0.3 is 0 Å². The smallest absolute Gasteiger partial charge is 0.237 e. The first kappa shape index (κ1) is 11.4. The summed E-state index contributed by atoms with van der Waals surface area (Å²) in [7, 11) is 1.79. The van der Waals surface area contributed by atoms with E-state index in [9.17, 15) is 0 Å². The van der Waals surface area contributed by atoms with E-state index in [1.165, 1.54) is 5.56 Å². The highest BCUT2D eigenvalue weighted by Gasteiger charge is 2.11. The average molecular weight is 207 g/mol. The molecule has 0 aliphatic heterocycles. The summed E-state index contributed by atoms with van der Waals surface area (Å²) in [6.45, 7) is 4.09. The fourth-order valence-electron chi connectivity index (χ4n) is 1.67. The zero-order valence-corrected chi connectivity index (χ0v) is 9.36. The van der Waals surface area contributed by atoms with E-state index in [-0.39, 0.29) is 5.96 Å². The van der Waals surface area contributed by atoms with Crippen molar-refractivity contribution in [2.24, 2.45) is 10.9 Å². The molecule has 0 unspecified atom stereocenters. The van der Waals surface area contributed by atoms with Gasteiger partial charge in [-0.05, 0) is 24.5 Å². The normalized spacial score (nSPS) is 11.5. The Hall–Kier alpha value is -1.71. The highest BCUT2D eigenvalue weighted by molar-refractivity contribution is 5.95. The van der Waals surface area contributed by atoms with Crippen LogP contribution in [0.15, 0.2) is 23.4 Å². The molecule has 0 saturated carbocycles. The standard InChI is InChI=1S/C11H17N3O/c1-4-9-7-5-6-8(2)10(9)14(3)11(12)13-15/h5-7,15H,4H2,1-3H3,(H2,12,13). The lowest BCUT2D eigenvalue weighted by Crippen LogP contribution is -2.34. The molecule has 0 heterocycles. The van der Waals surface area contributed by atoms with Crippen molar-refractivity contribution in [1.29, 1.82) is 0 Å². The molecule has 0 amide bonds. The van der Waals surface area contributed by atoms with Crippen LogP contribution in [0.2, 0.25) is 0 Å². The van der Waals surface area contributed by atoms with Crippen LogP contribution in [0.3, 0.4) is 0 Å². The molecular weight excluding hydrogens is 190 g/mol. The molecule has 0 aromatic heterocycles. The van der Waals surface area contributed by atoms with Crippen LogP contribution >= 0.6 is 0 Å². The summed E-state index contributed by atoms with van der Waals surface area (Å²) in [4.78, 5) is 1.69. The predicted octanol–water partition coefficient (Wildman–Crippen LogP) is 1.70. The minimum absolute atomic E-state index is 0.0963. The Bertz CT molecular complexity index is 374. The molecule has 1 rings (SSSR count). The molecule has 0 spiro atoms. The quantitative estimate of drug-likeness (QED) is 0.336. The van der Waals surface area contributed by atoms with Gasteiger partial charge in [-0.2, -0.15) is 0 Å². The van der Waals surface area contributed by atoms with Gasteiger partial charge in [0.1, 0.15) is 0 Å². The Kier molecular flexibility index (Phi) is 3.55. The van der Waals surface area contributed by atoms with Crippen molar-refractivity contribution in [3.05, 3.63) is 29.3 Å². The predicted molar refractivity (Wildman–Crippen MR) is 62.4 cm³/mol. The number of nitrogens with zero attached hydrogens (tertiary/aromatic N) is 2. The lowest BCUT2D eigenvalue weighted by Gasteiger charge is -2.22. The van der Waals surface area contributed by atoms with Crippen LogP contribution in [-0.2, 0) is 6.42 Å². The first-order valence-electron chi connectivity index (χ1n) is 4.91. The molecule has 1 aromatic carbocycles. The zero-order chi connectivity index (χ0) is 11.4. The molecule has 0 fully saturated rings. The molecule has 0 aliphatic rings. The molecular formula is C11H17N3O. The molecule has 0 bridgehead atoms. The second-order valence-electron chi connectivity index (χ2n) is 3.45. The molecule has 0 aliphatic carbocycles. The van der Waals surface area contributed by atoms with Crippen molar-refractivity contribution in [2.75, 3.05) is 11.9 Å². The summed E-state index contributed by atoms with van der Waals surface area (Å²) >= 11 is 0. The van der Waals surface area contributed by atoms with E-state index in [0.29, 0.717) is 0 Å². The molecule has 4 heteroatoms. The van der Waals surface area contributed by atoms with Crippen molar-refractivity contribution in [1.82, 2.24) is 0 Å². The summed E-state index contributed by atoms with van der Waals surface area (Å²) < 4.78 is 0. The summed E-state index contributed by atoms with van der Waals surface area (Å²) in [6.07, 6.45) is 0.917. The summed E-state index contributed by atoms with van der Waals surface area (Å²) in [6, 6.07) is 6.07. The van der Waals surface area contributed by atoms with Crippen molar-refractivity contribution < 1.29 is 5.21 Å². The van der Waals surface area contributed by atoms with E-state index >= 15 is 0 Å². The first-order chi connectivity index (χ1) is 7.11. The SMILES string of the molecule is CCc1cccc(C)c1N(C)/C(N)=N/O. The summed E-state index contributed by atoms with van der Waals surface area (Å²) in [5.74, 6) is 0.0963. The van der Waals surface area contributed by atoms with Gasteiger partial charge in [0.05, 0.1) is 0 Å². The Balaban J connectivity index is 3.22. The molecule has 82 valence electrons. The van der Waals surface area contributed by atoms with Gasteiger partial charge in [0.15, 0.2) is 0 Å². The number of hydrogen-bond acceptors (Lipinski definition) is 2. The number of benzene rings is 1. The average Bonchev–Trinajstić information content (AvgIpc) is 2.26. The van der Waals surface area contributed by atoms with Gasteiger partial charge in [0, 0.05) is 12.7 Å². The van der Waals surface area contributed by atoms with E-state index in [1.807, 2.05) is 25.1 Å². The van der Waals surface area contributed by atoms with Crippen molar-refractivity contribution in [2.45, 2.75) is 20.3 Å². The van der Waals surface area contributed by atoms with Gasteiger partial charge < -0.3 is 15.8 Å². The van der Waals surface area contributed by atoms with E-state index in [1.54, 1.807) is 11.9 Å². The maximum absolute atomic E-state index is 8.64. The second-order valence-corrected chi connectivity index (χ2v) is 3.45. The van der Waals surface area contributed by atoms with Crippen molar-refractivity contribution in [3.63, 3.8) is 0 Å². The van der Waals surface area contributed by atoms with Gasteiger partial charge in [-0.3, -0.25) is 0 Å². The fourth-order valence-corrected chi connectivity index (χ4v) is 1.67. The van der Waals surface area contributed by atoms with Crippen LogP contribution in [0.4, 0.5) is 5.69 Å². The van der Waals surface area contributed by atoms with E-state index in [4.69, 9.17) is 10.9 Å². The number of guanidine groups is 1. The Morgan fingerprint density at radius 2 is 2.20 bits per heavy atom. The van der Waals surface area contributed by atoms with Crippen molar-refractivity contribution in [3.8, 4) is 0 Å². The third kappa shape index (κ3) is 2.21. The minimum Gasteiger partial charge on any atom is -0.408 e. The van der Waals surface area contributed by atoms with E-state index in [0.717, 1.165) is 17.7 Å². The van der Waals surface area contributed by atoms with Gasteiger partial charge in [0.25, 0.3) is 0 Å². The van der Waals surface area contributed by atoms with Gasteiger partial charge in [-0.25, -0.2) is 0 Å². The number of anilines is 1. The number of oxime groups is 1. The van der Waals surface area contributed by atoms with Crippen LogP contribution in [0, 0.1) is 6.92 Å². The van der Waals surface area contributed by atoms with Gasteiger partial charge in [-0.1, -0.05) is 30.3 Å². The molecule has 15 heavy (non-hydrogen) atoms. The maximum Gasteiger partial charge on any atom is 0.237 e. The number of aryl methyl sites for hydroxylation is 2. The van der Waals surface area contributed by atoms with Gasteiger partial charge in [-0.15, -0.1) is 0 Å². The van der Waals surface area contributed by atoms with Crippen LogP contribution < -0.4 is 10.6 Å². The topological polar surface area (TPSA) is 61.8 Å². The Labute approximate surface area is 90.0 Å². The van der Waals surface area contributed by atoms with Crippen LogP contribution in [0.25, 0.3) is 0 Å². The van der Waals surface area contributed by atoms with E-state index in [2.05, 4.69) is 12.1 Å². The Morgan fingerprint density at radius 3 is 2.73 bits per heavy atom. The van der Waals surface area contributed by atoms with Crippen molar-refractivity contribution >= 4 is 11.6 Å². The molecule has 1 aromatic rings. The Morgan fingerprint density at radius 1 is 1.53 bits per heavy atom.